The summed E-state index contributed by atoms with van der Waals surface area (Å²) in [6, 6.07) is 15.1. The van der Waals surface area contributed by atoms with Crippen LogP contribution < -0.4 is 10.1 Å². The number of hydrogen-bond donors (Lipinski definition) is 1. The second-order valence-corrected chi connectivity index (χ2v) is 9.45. The van der Waals surface area contributed by atoms with Crippen LogP contribution >= 0.6 is 11.3 Å². The fourth-order valence-corrected chi connectivity index (χ4v) is 5.57. The maximum atomic E-state index is 13.4. The number of dihydropyridines is 1. The Morgan fingerprint density at radius 1 is 1.15 bits per heavy atom. The zero-order valence-electron chi connectivity index (χ0n) is 19.0. The Balaban J connectivity index is 1.43. The van der Waals surface area contributed by atoms with E-state index in [1.54, 1.807) is 13.4 Å². The highest BCUT2D eigenvalue weighted by atomic mass is 32.1. The molecule has 5 rings (SSSR count). The first-order valence-corrected chi connectivity index (χ1v) is 12.0. The third-order valence-corrected chi connectivity index (χ3v) is 7.29. The number of furan rings is 1. The average molecular weight is 476 g/mol. The zero-order valence-corrected chi connectivity index (χ0v) is 19.8. The zero-order chi connectivity index (χ0) is 23.7. The van der Waals surface area contributed by atoms with E-state index in [2.05, 4.69) is 5.32 Å². The predicted molar refractivity (Wildman–Crippen MR) is 128 cm³/mol. The molecule has 0 amide bonds. The van der Waals surface area contributed by atoms with Crippen molar-refractivity contribution in [2.75, 3.05) is 7.11 Å². The number of hydrogen-bond acceptors (Lipinski definition) is 7. The molecule has 0 fully saturated rings. The highest BCUT2D eigenvalue weighted by Crippen LogP contribution is 2.46. The molecule has 34 heavy (non-hydrogen) atoms. The van der Waals surface area contributed by atoms with Gasteiger partial charge in [-0.05, 0) is 54.6 Å². The molecule has 7 heteroatoms. The Kier molecular flexibility index (Phi) is 6.11. The van der Waals surface area contributed by atoms with E-state index in [9.17, 15) is 9.59 Å². The Hall–Kier alpha value is -3.58. The molecule has 0 unspecified atom stereocenters. The van der Waals surface area contributed by atoms with Crippen LogP contribution in [-0.4, -0.2) is 18.9 Å². The number of ether oxygens (including phenoxy) is 2. The van der Waals surface area contributed by atoms with Gasteiger partial charge in [0.25, 0.3) is 0 Å². The molecule has 6 nitrogen and oxygen atoms in total. The predicted octanol–water partition coefficient (Wildman–Crippen LogP) is 5.45. The minimum atomic E-state index is -0.440. The van der Waals surface area contributed by atoms with Gasteiger partial charge in [0.2, 0.25) is 0 Å². The third kappa shape index (κ3) is 4.19. The lowest BCUT2D eigenvalue weighted by atomic mass is 9.74. The largest absolute Gasteiger partial charge is 0.497 e. The number of nitrogens with one attached hydrogen (secondary N) is 1. The van der Waals surface area contributed by atoms with Gasteiger partial charge in [0.15, 0.2) is 5.78 Å². The van der Waals surface area contributed by atoms with Gasteiger partial charge in [-0.25, -0.2) is 4.79 Å². The number of Topliss-reactive ketones (excluding diaryl/α,β-unsaturated/α-hetero) is 1. The quantitative estimate of drug-likeness (QED) is 0.478. The first-order chi connectivity index (χ1) is 16.5. The number of benzene rings is 1. The lowest BCUT2D eigenvalue weighted by molar-refractivity contribution is -0.140. The van der Waals surface area contributed by atoms with Crippen LogP contribution in [0.25, 0.3) is 0 Å². The van der Waals surface area contributed by atoms with Crippen LogP contribution in [0, 0.1) is 0 Å². The molecule has 1 N–H and O–H groups in total. The number of ketones is 1. The number of esters is 1. The molecule has 0 spiro atoms. The number of carbonyl (C=O) groups excluding carboxylic acids is 2. The van der Waals surface area contributed by atoms with E-state index in [4.69, 9.17) is 13.9 Å². The van der Waals surface area contributed by atoms with Crippen molar-refractivity contribution in [3.05, 3.63) is 98.9 Å². The first-order valence-electron chi connectivity index (χ1n) is 11.2. The Labute approximate surface area is 201 Å². The van der Waals surface area contributed by atoms with Crippen molar-refractivity contribution in [3.63, 3.8) is 0 Å². The number of thiophene rings is 1. The van der Waals surface area contributed by atoms with Crippen LogP contribution in [-0.2, 0) is 20.9 Å². The third-order valence-electron chi connectivity index (χ3n) is 6.35. The van der Waals surface area contributed by atoms with Crippen LogP contribution in [0.1, 0.15) is 47.8 Å². The molecule has 174 valence electrons. The topological polar surface area (TPSA) is 77.8 Å². The van der Waals surface area contributed by atoms with E-state index >= 15 is 0 Å². The van der Waals surface area contributed by atoms with Crippen molar-refractivity contribution >= 4 is 23.1 Å². The van der Waals surface area contributed by atoms with E-state index in [0.29, 0.717) is 29.7 Å². The molecule has 3 heterocycles. The molecule has 2 aliphatic rings. The van der Waals surface area contributed by atoms with Gasteiger partial charge in [0.05, 0.1) is 24.9 Å². The van der Waals surface area contributed by atoms with Gasteiger partial charge in [-0.15, -0.1) is 11.3 Å². The van der Waals surface area contributed by atoms with Crippen LogP contribution in [0.4, 0.5) is 0 Å². The van der Waals surface area contributed by atoms with Gasteiger partial charge in [-0.2, -0.15) is 0 Å². The lowest BCUT2D eigenvalue weighted by Gasteiger charge is -2.35. The first kappa shape index (κ1) is 22.2. The SMILES string of the molecule is COc1ccc(COC(=O)C2=C(C)NC3=C(C(=O)C[C@H](c4ccco4)C3)[C@@H]2c2cccs2)cc1. The highest BCUT2D eigenvalue weighted by molar-refractivity contribution is 7.10. The van der Waals surface area contributed by atoms with Crippen LogP contribution in [0.3, 0.4) is 0 Å². The maximum absolute atomic E-state index is 13.4. The number of allylic oxidation sites excluding steroid dienone is 3. The lowest BCUT2D eigenvalue weighted by Crippen LogP contribution is -2.35. The van der Waals surface area contributed by atoms with Crippen molar-refractivity contribution < 1.29 is 23.5 Å². The number of methoxy groups -OCH3 is 1. The van der Waals surface area contributed by atoms with Crippen molar-refractivity contribution in [2.45, 2.75) is 38.2 Å². The van der Waals surface area contributed by atoms with E-state index in [0.717, 1.165) is 27.6 Å². The molecule has 1 aromatic carbocycles. The number of carbonyl (C=O) groups is 2. The summed E-state index contributed by atoms with van der Waals surface area (Å²) in [4.78, 5) is 27.7. The highest BCUT2D eigenvalue weighted by Gasteiger charge is 2.42. The van der Waals surface area contributed by atoms with E-state index in [1.807, 2.05) is 60.8 Å². The summed E-state index contributed by atoms with van der Waals surface area (Å²) in [7, 11) is 1.61. The summed E-state index contributed by atoms with van der Waals surface area (Å²) in [6.07, 6.45) is 2.64. The van der Waals surface area contributed by atoms with Crippen molar-refractivity contribution in [3.8, 4) is 5.75 Å². The molecule has 2 atom stereocenters. The van der Waals surface area contributed by atoms with Crippen molar-refractivity contribution in [2.24, 2.45) is 0 Å². The molecule has 0 saturated carbocycles. The van der Waals surface area contributed by atoms with Crippen molar-refractivity contribution in [1.82, 2.24) is 5.32 Å². The summed E-state index contributed by atoms with van der Waals surface area (Å²) >= 11 is 1.54. The van der Waals surface area contributed by atoms with Crippen molar-refractivity contribution in [1.29, 1.82) is 0 Å². The molecule has 2 aromatic heterocycles. The van der Waals surface area contributed by atoms with Crippen LogP contribution in [0.5, 0.6) is 5.75 Å². The second-order valence-electron chi connectivity index (χ2n) is 8.47. The van der Waals surface area contributed by atoms with Gasteiger partial charge >= 0.3 is 5.97 Å². The van der Waals surface area contributed by atoms with Crippen LogP contribution in [0.15, 0.2) is 87.1 Å². The molecular weight excluding hydrogens is 450 g/mol. The smallest absolute Gasteiger partial charge is 0.337 e. The van der Waals surface area contributed by atoms with Gasteiger partial charge < -0.3 is 19.2 Å². The van der Waals surface area contributed by atoms with Gasteiger partial charge in [-0.3, -0.25) is 4.79 Å². The van der Waals surface area contributed by atoms with Gasteiger partial charge in [0, 0.05) is 34.2 Å². The molecular formula is C27H25NO5S. The molecule has 1 aliphatic heterocycles. The number of rotatable bonds is 6. The Morgan fingerprint density at radius 2 is 1.97 bits per heavy atom. The summed E-state index contributed by atoms with van der Waals surface area (Å²) < 4.78 is 16.5. The summed E-state index contributed by atoms with van der Waals surface area (Å²) in [5.74, 6) is 0.693. The van der Waals surface area contributed by atoms with Gasteiger partial charge in [-0.1, -0.05) is 18.2 Å². The molecule has 0 saturated heterocycles. The standard InChI is InChI=1S/C27H25NO5S/c1-16-24(27(30)33-15-17-7-9-19(31-2)10-8-17)26(23-6-4-12-34-23)25-20(28-16)13-18(14-21(25)29)22-5-3-11-32-22/h3-12,18,26,28H,13-15H2,1-2H3/t18-,26-/m1/s1. The average Bonchev–Trinajstić information content (AvgIpc) is 3.56. The van der Waals surface area contributed by atoms with E-state index in [1.165, 1.54) is 11.3 Å². The van der Waals surface area contributed by atoms with Gasteiger partial charge in [0.1, 0.15) is 18.1 Å². The van der Waals surface area contributed by atoms with E-state index in [-0.39, 0.29) is 18.3 Å². The Morgan fingerprint density at radius 3 is 2.65 bits per heavy atom. The molecule has 3 aromatic rings. The molecule has 0 bridgehead atoms. The monoisotopic (exact) mass is 475 g/mol. The minimum absolute atomic E-state index is 0.0193. The summed E-state index contributed by atoms with van der Waals surface area (Å²) in [5.41, 5.74) is 3.58. The summed E-state index contributed by atoms with van der Waals surface area (Å²) in [6.45, 7) is 2.01. The fourth-order valence-electron chi connectivity index (χ4n) is 4.72. The van der Waals surface area contributed by atoms with Crippen LogP contribution in [0.2, 0.25) is 0 Å². The minimum Gasteiger partial charge on any atom is -0.497 e. The fraction of sp³-hybridized carbons (Fsp3) is 0.259. The maximum Gasteiger partial charge on any atom is 0.337 e. The molecule has 0 radical (unpaired) electrons. The second kappa shape index (κ2) is 9.35. The Bertz CT molecular complexity index is 1250. The molecule has 1 aliphatic carbocycles. The normalized spacial score (nSPS) is 20.1. The van der Waals surface area contributed by atoms with E-state index < -0.39 is 11.9 Å². The summed E-state index contributed by atoms with van der Waals surface area (Å²) in [5, 5.41) is 5.33.